The predicted octanol–water partition coefficient (Wildman–Crippen LogP) is 4.48. The van der Waals surface area contributed by atoms with E-state index in [-0.39, 0.29) is 0 Å². The summed E-state index contributed by atoms with van der Waals surface area (Å²) >= 11 is 0. The summed E-state index contributed by atoms with van der Waals surface area (Å²) < 4.78 is 42.3. The number of alkyl halides is 3. The molecule has 5 nitrogen and oxygen atoms in total. The number of fused-ring (bicyclic) bond motifs is 1. The molecule has 0 aliphatic carbocycles. The van der Waals surface area contributed by atoms with Crippen LogP contribution in [0.25, 0.3) is 11.0 Å². The number of ether oxygens (including phenoxy) is 1. The first-order valence-electron chi connectivity index (χ1n) is 8.10. The Labute approximate surface area is 148 Å². The highest BCUT2D eigenvalue weighted by atomic mass is 19.4. The zero-order valence-electron chi connectivity index (χ0n) is 14.1. The summed E-state index contributed by atoms with van der Waals surface area (Å²) in [5.41, 5.74) is 8.99. The van der Waals surface area contributed by atoms with E-state index in [0.717, 1.165) is 16.6 Å². The number of rotatable bonds is 6. The lowest BCUT2D eigenvalue weighted by molar-refractivity contribution is -0.148. The van der Waals surface area contributed by atoms with Gasteiger partial charge in [0.05, 0.1) is 17.5 Å². The van der Waals surface area contributed by atoms with Crippen molar-refractivity contribution in [3.63, 3.8) is 0 Å². The van der Waals surface area contributed by atoms with Gasteiger partial charge < -0.3 is 20.8 Å². The SMILES string of the molecule is CC(CC(F)(F)F)Oc1ccc(CNc2nc3ccc(N)cc3[nH]2)cc1. The van der Waals surface area contributed by atoms with Gasteiger partial charge in [-0.15, -0.1) is 0 Å². The van der Waals surface area contributed by atoms with Crippen LogP contribution in [0.1, 0.15) is 18.9 Å². The van der Waals surface area contributed by atoms with Crippen molar-refractivity contribution >= 4 is 22.7 Å². The second-order valence-corrected chi connectivity index (χ2v) is 6.11. The average molecular weight is 364 g/mol. The van der Waals surface area contributed by atoms with Gasteiger partial charge in [-0.05, 0) is 42.8 Å². The van der Waals surface area contributed by atoms with E-state index in [1.165, 1.54) is 6.92 Å². The molecule has 0 fully saturated rings. The molecule has 26 heavy (non-hydrogen) atoms. The molecular formula is C18H19F3N4O. The second-order valence-electron chi connectivity index (χ2n) is 6.11. The summed E-state index contributed by atoms with van der Waals surface area (Å²) in [4.78, 5) is 7.54. The van der Waals surface area contributed by atoms with Crippen LogP contribution in [0, 0.1) is 0 Å². The fourth-order valence-electron chi connectivity index (χ4n) is 2.58. The zero-order valence-corrected chi connectivity index (χ0v) is 14.1. The Kier molecular flexibility index (Phi) is 4.92. The van der Waals surface area contributed by atoms with E-state index in [0.29, 0.717) is 23.9 Å². The van der Waals surface area contributed by atoms with Crippen molar-refractivity contribution in [3.8, 4) is 5.75 Å². The van der Waals surface area contributed by atoms with Gasteiger partial charge in [0, 0.05) is 12.2 Å². The number of nitrogens with two attached hydrogens (primary N) is 1. The minimum atomic E-state index is -4.24. The number of nitrogen functional groups attached to an aromatic ring is 1. The third-order valence-electron chi connectivity index (χ3n) is 3.75. The largest absolute Gasteiger partial charge is 0.490 e. The first-order chi connectivity index (χ1) is 12.3. The molecule has 0 bridgehead atoms. The van der Waals surface area contributed by atoms with E-state index < -0.39 is 18.7 Å². The Bertz CT molecular complexity index is 874. The molecule has 3 rings (SSSR count). The lowest BCUT2D eigenvalue weighted by Crippen LogP contribution is -2.21. The fourth-order valence-corrected chi connectivity index (χ4v) is 2.58. The molecule has 1 unspecified atom stereocenters. The summed E-state index contributed by atoms with van der Waals surface area (Å²) in [6.45, 7) is 1.91. The minimum Gasteiger partial charge on any atom is -0.490 e. The number of anilines is 2. The summed E-state index contributed by atoms with van der Waals surface area (Å²) in [7, 11) is 0. The minimum absolute atomic E-state index is 0.407. The molecule has 1 heterocycles. The number of imidazole rings is 1. The second kappa shape index (κ2) is 7.15. The third-order valence-corrected chi connectivity index (χ3v) is 3.75. The van der Waals surface area contributed by atoms with Crippen LogP contribution in [0.4, 0.5) is 24.8 Å². The highest BCUT2D eigenvalue weighted by molar-refractivity contribution is 5.80. The molecule has 0 aliphatic heterocycles. The molecule has 2 aromatic carbocycles. The monoisotopic (exact) mass is 364 g/mol. The number of aromatic nitrogens is 2. The fraction of sp³-hybridized carbons (Fsp3) is 0.278. The first-order valence-corrected chi connectivity index (χ1v) is 8.10. The van der Waals surface area contributed by atoms with E-state index in [1.54, 1.807) is 30.3 Å². The Balaban J connectivity index is 1.56. The van der Waals surface area contributed by atoms with E-state index >= 15 is 0 Å². The van der Waals surface area contributed by atoms with Crippen molar-refractivity contribution in [2.75, 3.05) is 11.1 Å². The number of nitrogens with one attached hydrogen (secondary N) is 2. The van der Waals surface area contributed by atoms with E-state index in [2.05, 4.69) is 15.3 Å². The number of hydrogen-bond donors (Lipinski definition) is 3. The highest BCUT2D eigenvalue weighted by Crippen LogP contribution is 2.24. The van der Waals surface area contributed by atoms with Gasteiger partial charge in [0.1, 0.15) is 11.9 Å². The maximum Gasteiger partial charge on any atom is 0.392 e. The van der Waals surface area contributed by atoms with Gasteiger partial charge in [-0.3, -0.25) is 0 Å². The average Bonchev–Trinajstić information content (AvgIpc) is 2.94. The molecule has 1 aromatic heterocycles. The van der Waals surface area contributed by atoms with Crippen molar-refractivity contribution < 1.29 is 17.9 Å². The molecule has 4 N–H and O–H groups in total. The molecule has 0 aliphatic rings. The first kappa shape index (κ1) is 17.9. The van der Waals surface area contributed by atoms with Gasteiger partial charge in [-0.2, -0.15) is 13.2 Å². The van der Waals surface area contributed by atoms with Crippen LogP contribution in [-0.2, 0) is 6.54 Å². The third kappa shape index (κ3) is 4.81. The normalized spacial score (nSPS) is 12.9. The van der Waals surface area contributed by atoms with Crippen molar-refractivity contribution in [2.45, 2.75) is 32.2 Å². The number of halogens is 3. The smallest absolute Gasteiger partial charge is 0.392 e. The van der Waals surface area contributed by atoms with Crippen molar-refractivity contribution in [2.24, 2.45) is 0 Å². The molecule has 0 saturated carbocycles. The maximum atomic E-state index is 12.3. The van der Waals surface area contributed by atoms with Gasteiger partial charge >= 0.3 is 6.18 Å². The number of hydrogen-bond acceptors (Lipinski definition) is 4. The standard InChI is InChI=1S/C18H19F3N4O/c1-11(9-18(19,20)21)26-14-5-2-12(3-6-14)10-23-17-24-15-7-4-13(22)8-16(15)25-17/h2-8,11H,9-10,22H2,1H3,(H2,23,24,25). The molecule has 0 amide bonds. The van der Waals surface area contributed by atoms with Gasteiger partial charge in [0.25, 0.3) is 0 Å². The van der Waals surface area contributed by atoms with Crippen LogP contribution in [-0.4, -0.2) is 22.2 Å². The molecule has 8 heteroatoms. The molecule has 0 saturated heterocycles. The summed E-state index contributed by atoms with van der Waals surface area (Å²) in [6.07, 6.45) is -6.14. The lowest BCUT2D eigenvalue weighted by atomic mass is 10.2. The molecule has 1 atom stereocenters. The van der Waals surface area contributed by atoms with Crippen LogP contribution in [0.2, 0.25) is 0 Å². The predicted molar refractivity (Wildman–Crippen MR) is 95.0 cm³/mol. The number of nitrogens with zero attached hydrogens (tertiary/aromatic N) is 1. The Hall–Kier alpha value is -2.90. The van der Waals surface area contributed by atoms with E-state index in [4.69, 9.17) is 10.5 Å². The zero-order chi connectivity index (χ0) is 18.7. The Morgan fingerprint density at radius 3 is 2.62 bits per heavy atom. The maximum absolute atomic E-state index is 12.3. The van der Waals surface area contributed by atoms with Gasteiger partial charge in [-0.25, -0.2) is 4.98 Å². The summed E-state index contributed by atoms with van der Waals surface area (Å²) in [5.74, 6) is 1.02. The van der Waals surface area contributed by atoms with Gasteiger partial charge in [0.2, 0.25) is 5.95 Å². The van der Waals surface area contributed by atoms with Crippen molar-refractivity contribution in [1.82, 2.24) is 9.97 Å². The van der Waals surface area contributed by atoms with Gasteiger partial charge in [-0.1, -0.05) is 12.1 Å². The van der Waals surface area contributed by atoms with Crippen LogP contribution < -0.4 is 15.8 Å². The van der Waals surface area contributed by atoms with Crippen molar-refractivity contribution in [3.05, 3.63) is 48.0 Å². The molecule has 138 valence electrons. The molecular weight excluding hydrogens is 345 g/mol. The van der Waals surface area contributed by atoms with Crippen LogP contribution in [0.5, 0.6) is 5.75 Å². The van der Waals surface area contributed by atoms with Crippen LogP contribution >= 0.6 is 0 Å². The Morgan fingerprint density at radius 2 is 1.92 bits per heavy atom. The number of H-pyrrole nitrogens is 1. The Morgan fingerprint density at radius 1 is 1.19 bits per heavy atom. The van der Waals surface area contributed by atoms with E-state index in [9.17, 15) is 13.2 Å². The van der Waals surface area contributed by atoms with E-state index in [1.807, 2.05) is 12.1 Å². The summed E-state index contributed by atoms with van der Waals surface area (Å²) in [5, 5.41) is 3.16. The molecule has 3 aromatic rings. The summed E-state index contributed by atoms with van der Waals surface area (Å²) in [6, 6.07) is 12.3. The van der Waals surface area contributed by atoms with Crippen molar-refractivity contribution in [1.29, 1.82) is 0 Å². The van der Waals surface area contributed by atoms with Crippen LogP contribution in [0.15, 0.2) is 42.5 Å². The number of benzene rings is 2. The molecule has 0 spiro atoms. The highest BCUT2D eigenvalue weighted by Gasteiger charge is 2.30. The van der Waals surface area contributed by atoms with Gasteiger partial charge in [0.15, 0.2) is 0 Å². The number of aromatic amines is 1. The van der Waals surface area contributed by atoms with Crippen LogP contribution in [0.3, 0.4) is 0 Å². The topological polar surface area (TPSA) is 76.0 Å². The lowest BCUT2D eigenvalue weighted by Gasteiger charge is -2.16. The molecule has 0 radical (unpaired) electrons. The quantitative estimate of drug-likeness (QED) is 0.564.